The molecule has 1 aliphatic rings. The summed E-state index contributed by atoms with van der Waals surface area (Å²) in [7, 11) is 0. The Morgan fingerprint density at radius 3 is 2.86 bits per heavy atom. The molecule has 3 aromatic rings. The number of benzene rings is 2. The number of rotatable bonds is 5. The number of aromatic amines is 1. The van der Waals surface area contributed by atoms with E-state index in [0.717, 1.165) is 18.2 Å². The van der Waals surface area contributed by atoms with Crippen molar-refractivity contribution in [2.45, 2.75) is 11.6 Å². The van der Waals surface area contributed by atoms with E-state index in [9.17, 15) is 9.18 Å². The van der Waals surface area contributed by atoms with E-state index in [1.165, 1.54) is 6.07 Å². The second-order valence-electron chi connectivity index (χ2n) is 6.00. The van der Waals surface area contributed by atoms with Crippen molar-refractivity contribution in [3.8, 4) is 22.9 Å². The van der Waals surface area contributed by atoms with Gasteiger partial charge in [0.05, 0.1) is 24.5 Å². The van der Waals surface area contributed by atoms with E-state index in [1.54, 1.807) is 36.4 Å². The molecule has 0 fully saturated rings. The number of nitrogens with one attached hydrogen (secondary N) is 2. The van der Waals surface area contributed by atoms with Gasteiger partial charge >= 0.3 is 0 Å². The quantitative estimate of drug-likeness (QED) is 0.637. The van der Waals surface area contributed by atoms with Crippen molar-refractivity contribution in [1.82, 2.24) is 15.2 Å². The predicted octanol–water partition coefficient (Wildman–Crippen LogP) is 3.50. The number of ether oxygens (including phenoxy) is 2. The minimum Gasteiger partial charge on any atom is -0.490 e. The molecule has 0 aliphatic carbocycles. The summed E-state index contributed by atoms with van der Waals surface area (Å²) in [6.45, 7) is 1.19. The number of thioether (sulfide) groups is 1. The molecule has 2 N–H and O–H groups in total. The molecule has 0 radical (unpaired) electrons. The monoisotopic (exact) mass is 400 g/mol. The van der Waals surface area contributed by atoms with Crippen LogP contribution in [0.1, 0.15) is 6.42 Å². The fourth-order valence-electron chi connectivity index (χ4n) is 2.65. The molecule has 144 valence electrons. The molecule has 0 saturated heterocycles. The van der Waals surface area contributed by atoms with Gasteiger partial charge in [0.1, 0.15) is 5.82 Å². The van der Waals surface area contributed by atoms with Gasteiger partial charge in [0.25, 0.3) is 0 Å². The number of carbonyl (C=O) groups excluding carboxylic acids is 1. The molecule has 1 aliphatic heterocycles. The van der Waals surface area contributed by atoms with Gasteiger partial charge < -0.3 is 14.8 Å². The molecule has 1 amide bonds. The van der Waals surface area contributed by atoms with Gasteiger partial charge in [-0.2, -0.15) is 0 Å². The average Bonchev–Trinajstić information content (AvgIpc) is 3.04. The molecule has 2 aromatic carbocycles. The lowest BCUT2D eigenvalue weighted by atomic mass is 10.2. The van der Waals surface area contributed by atoms with Gasteiger partial charge in [-0.05, 0) is 24.3 Å². The molecule has 2 heterocycles. The van der Waals surface area contributed by atoms with E-state index < -0.39 is 0 Å². The number of H-pyrrole nitrogens is 1. The Labute approximate surface area is 164 Å². The van der Waals surface area contributed by atoms with E-state index in [1.807, 2.05) is 0 Å². The van der Waals surface area contributed by atoms with Crippen LogP contribution in [-0.4, -0.2) is 40.1 Å². The van der Waals surface area contributed by atoms with Crippen LogP contribution < -0.4 is 14.8 Å². The van der Waals surface area contributed by atoms with Crippen molar-refractivity contribution in [2.75, 3.05) is 24.3 Å². The summed E-state index contributed by atoms with van der Waals surface area (Å²) in [5.74, 6) is 1.13. The molecule has 28 heavy (non-hydrogen) atoms. The van der Waals surface area contributed by atoms with Crippen molar-refractivity contribution in [3.05, 3.63) is 48.3 Å². The Balaban J connectivity index is 1.35. The number of fused-ring (bicyclic) bond motifs is 1. The van der Waals surface area contributed by atoms with E-state index >= 15 is 0 Å². The zero-order valence-electron chi connectivity index (χ0n) is 14.8. The molecule has 0 spiro atoms. The van der Waals surface area contributed by atoms with E-state index in [0.29, 0.717) is 46.9 Å². The van der Waals surface area contributed by atoms with Gasteiger partial charge in [0.2, 0.25) is 11.1 Å². The number of aromatic nitrogens is 3. The molecule has 0 unspecified atom stereocenters. The maximum Gasteiger partial charge on any atom is 0.234 e. The van der Waals surface area contributed by atoms with Gasteiger partial charge in [0.15, 0.2) is 17.3 Å². The van der Waals surface area contributed by atoms with Crippen molar-refractivity contribution < 1.29 is 18.7 Å². The van der Waals surface area contributed by atoms with Crippen LogP contribution in [0.2, 0.25) is 0 Å². The van der Waals surface area contributed by atoms with Crippen LogP contribution in [0.3, 0.4) is 0 Å². The van der Waals surface area contributed by atoms with Crippen molar-refractivity contribution in [3.63, 3.8) is 0 Å². The van der Waals surface area contributed by atoms with Gasteiger partial charge in [-0.3, -0.25) is 9.89 Å². The minimum absolute atomic E-state index is 0.114. The molecule has 0 atom stereocenters. The van der Waals surface area contributed by atoms with Gasteiger partial charge in [-0.15, -0.1) is 5.10 Å². The predicted molar refractivity (Wildman–Crippen MR) is 103 cm³/mol. The maximum absolute atomic E-state index is 13.8. The first-order valence-electron chi connectivity index (χ1n) is 8.68. The minimum atomic E-state index is -0.387. The Morgan fingerprint density at radius 2 is 2.00 bits per heavy atom. The van der Waals surface area contributed by atoms with Crippen LogP contribution in [0.25, 0.3) is 11.4 Å². The van der Waals surface area contributed by atoms with E-state index in [-0.39, 0.29) is 17.5 Å². The summed E-state index contributed by atoms with van der Waals surface area (Å²) in [5.41, 5.74) is 0.954. The Morgan fingerprint density at radius 1 is 1.18 bits per heavy atom. The van der Waals surface area contributed by atoms with Crippen LogP contribution in [0, 0.1) is 5.82 Å². The summed E-state index contributed by atoms with van der Waals surface area (Å²) < 4.78 is 25.0. The molecule has 9 heteroatoms. The van der Waals surface area contributed by atoms with Crippen molar-refractivity contribution in [2.24, 2.45) is 0 Å². The molecular weight excluding hydrogens is 383 g/mol. The lowest BCUT2D eigenvalue weighted by Crippen LogP contribution is -2.14. The smallest absolute Gasteiger partial charge is 0.234 e. The first-order chi connectivity index (χ1) is 13.7. The van der Waals surface area contributed by atoms with Gasteiger partial charge in [-0.1, -0.05) is 23.9 Å². The molecule has 0 saturated carbocycles. The number of amides is 1. The Bertz CT molecular complexity index is 995. The topological polar surface area (TPSA) is 89.1 Å². The number of halogens is 1. The first-order valence-corrected chi connectivity index (χ1v) is 9.67. The zero-order valence-corrected chi connectivity index (χ0v) is 15.6. The van der Waals surface area contributed by atoms with Crippen LogP contribution in [0.5, 0.6) is 11.5 Å². The van der Waals surface area contributed by atoms with Gasteiger partial charge in [0, 0.05) is 18.2 Å². The summed E-state index contributed by atoms with van der Waals surface area (Å²) in [6, 6.07) is 11.6. The third-order valence-electron chi connectivity index (χ3n) is 3.96. The van der Waals surface area contributed by atoms with Crippen LogP contribution in [0.4, 0.5) is 10.1 Å². The fraction of sp³-hybridized carbons (Fsp3) is 0.211. The summed E-state index contributed by atoms with van der Waals surface area (Å²) in [5, 5.41) is 9.89. The SMILES string of the molecule is O=C(CSc1n[nH]c(-c2ccccc2F)n1)Nc1ccc2c(c1)OCCCO2. The number of carbonyl (C=O) groups is 1. The van der Waals surface area contributed by atoms with Crippen LogP contribution in [0.15, 0.2) is 47.6 Å². The fourth-order valence-corrected chi connectivity index (χ4v) is 3.25. The highest BCUT2D eigenvalue weighted by Gasteiger charge is 2.14. The average molecular weight is 400 g/mol. The molecular formula is C19H17FN4O3S. The third-order valence-corrected chi connectivity index (χ3v) is 4.80. The molecule has 4 rings (SSSR count). The molecule has 7 nitrogen and oxygen atoms in total. The van der Waals surface area contributed by atoms with E-state index in [4.69, 9.17) is 9.47 Å². The van der Waals surface area contributed by atoms with Crippen LogP contribution >= 0.6 is 11.8 Å². The largest absolute Gasteiger partial charge is 0.490 e. The second-order valence-corrected chi connectivity index (χ2v) is 6.94. The second kappa shape index (κ2) is 8.30. The lowest BCUT2D eigenvalue weighted by molar-refractivity contribution is -0.113. The first kappa shape index (κ1) is 18.3. The highest BCUT2D eigenvalue weighted by Crippen LogP contribution is 2.32. The van der Waals surface area contributed by atoms with Crippen LogP contribution in [-0.2, 0) is 4.79 Å². The van der Waals surface area contributed by atoms with Gasteiger partial charge in [-0.25, -0.2) is 9.37 Å². The number of nitrogens with zero attached hydrogens (tertiary/aromatic N) is 2. The lowest BCUT2D eigenvalue weighted by Gasteiger charge is -2.10. The Hall–Kier alpha value is -3.07. The summed E-state index contributed by atoms with van der Waals surface area (Å²) in [6.07, 6.45) is 0.818. The number of anilines is 1. The highest BCUT2D eigenvalue weighted by atomic mass is 32.2. The third kappa shape index (κ3) is 4.25. The van der Waals surface area contributed by atoms with Crippen molar-refractivity contribution in [1.29, 1.82) is 0 Å². The summed E-state index contributed by atoms with van der Waals surface area (Å²) >= 11 is 1.16. The number of hydrogen-bond donors (Lipinski definition) is 2. The summed E-state index contributed by atoms with van der Waals surface area (Å²) in [4.78, 5) is 16.5. The standard InChI is InChI=1S/C19H17FN4O3S/c20-14-5-2-1-4-13(14)18-22-19(24-23-18)28-11-17(25)21-12-6-7-15-16(10-12)27-9-3-8-26-15/h1-2,4-7,10H,3,8-9,11H2,(H,21,25)(H,22,23,24). The Kier molecular flexibility index (Phi) is 5.43. The van der Waals surface area contributed by atoms with E-state index in [2.05, 4.69) is 20.5 Å². The maximum atomic E-state index is 13.8. The number of hydrogen-bond acceptors (Lipinski definition) is 6. The zero-order chi connectivity index (χ0) is 19.3. The van der Waals surface area contributed by atoms with Crippen molar-refractivity contribution >= 4 is 23.4 Å². The normalized spacial score (nSPS) is 13.0. The molecule has 1 aromatic heterocycles. The highest BCUT2D eigenvalue weighted by molar-refractivity contribution is 7.99. The molecule has 0 bridgehead atoms.